The summed E-state index contributed by atoms with van der Waals surface area (Å²) in [5.74, 6) is 0. The fraction of sp³-hybridized carbons (Fsp3) is 0.778. The van der Waals surface area contributed by atoms with Gasteiger partial charge in [0.1, 0.15) is 5.69 Å². The van der Waals surface area contributed by atoms with Crippen molar-refractivity contribution in [3.63, 3.8) is 0 Å². The minimum atomic E-state index is -1.61. The van der Waals surface area contributed by atoms with Gasteiger partial charge in [-0.05, 0) is 35.3 Å². The lowest BCUT2D eigenvalue weighted by Crippen LogP contribution is -2.30. The molecule has 1 unspecified atom stereocenters. The summed E-state index contributed by atoms with van der Waals surface area (Å²) in [5.41, 5.74) is 4.19. The van der Waals surface area contributed by atoms with Crippen LogP contribution in [-0.2, 0) is 17.5 Å². The zero-order chi connectivity index (χ0) is 12.2. The van der Waals surface area contributed by atoms with E-state index in [9.17, 15) is 4.39 Å². The smallest absolute Gasteiger partial charge is 0.178 e. The van der Waals surface area contributed by atoms with Crippen LogP contribution in [0.3, 0.4) is 0 Å². The summed E-state index contributed by atoms with van der Waals surface area (Å²) in [5, 5.41) is 7.54. The predicted octanol–water partition coefficient (Wildman–Crippen LogP) is 1.13. The maximum Gasteiger partial charge on any atom is 0.178 e. The van der Waals surface area contributed by atoms with Gasteiger partial charge in [-0.1, -0.05) is 5.21 Å². The van der Waals surface area contributed by atoms with Gasteiger partial charge in [0.2, 0.25) is 0 Å². The van der Waals surface area contributed by atoms with Crippen LogP contribution in [-0.4, -0.2) is 35.3 Å². The van der Waals surface area contributed by atoms with Gasteiger partial charge in [-0.2, -0.15) is 0 Å². The number of ether oxygens (including phenoxy) is 1. The van der Waals surface area contributed by atoms with Gasteiger partial charge >= 0.3 is 0 Å². The molecule has 0 amide bonds. The van der Waals surface area contributed by atoms with Crippen molar-refractivity contribution < 1.29 is 9.13 Å². The van der Waals surface area contributed by atoms with Crippen LogP contribution in [0, 0.1) is 0 Å². The Kier molecular flexibility index (Phi) is 4.82. The van der Waals surface area contributed by atoms with E-state index in [4.69, 9.17) is 10.5 Å². The van der Waals surface area contributed by atoms with Crippen LogP contribution < -0.4 is 5.73 Å². The number of halogens is 2. The van der Waals surface area contributed by atoms with E-state index >= 15 is 0 Å². The molecule has 1 aromatic heterocycles. The first-order chi connectivity index (χ1) is 7.55. The Morgan fingerprint density at radius 3 is 2.75 bits per heavy atom. The van der Waals surface area contributed by atoms with Crippen molar-refractivity contribution >= 4 is 15.9 Å². The fourth-order valence-corrected chi connectivity index (χ4v) is 2.36. The second-order valence-electron chi connectivity index (χ2n) is 3.64. The molecule has 0 bridgehead atoms. The average molecular weight is 295 g/mol. The summed E-state index contributed by atoms with van der Waals surface area (Å²) in [4.78, 5) is 0. The molecule has 0 aliphatic heterocycles. The molecule has 5 nitrogen and oxygen atoms in total. The molecule has 1 rings (SSSR count). The molecule has 1 aromatic rings. The second-order valence-corrected chi connectivity index (χ2v) is 4.39. The Labute approximate surface area is 102 Å². The third-order valence-corrected chi connectivity index (χ3v) is 2.89. The van der Waals surface area contributed by atoms with Crippen molar-refractivity contribution in [1.82, 2.24) is 15.0 Å². The Bertz CT molecular complexity index is 327. The largest absolute Gasteiger partial charge is 0.381 e. The number of alkyl halides is 1. The summed E-state index contributed by atoms with van der Waals surface area (Å²) < 4.78 is 21.5. The maximum absolute atomic E-state index is 14.8. The molecule has 0 saturated heterocycles. The third-order valence-electron chi connectivity index (χ3n) is 2.36. The van der Waals surface area contributed by atoms with Gasteiger partial charge < -0.3 is 10.5 Å². The number of aromatic nitrogens is 3. The molecule has 1 atom stereocenters. The predicted molar refractivity (Wildman–Crippen MR) is 61.7 cm³/mol. The van der Waals surface area contributed by atoms with Gasteiger partial charge in [0, 0.05) is 14.2 Å². The molecule has 0 spiro atoms. The second kappa shape index (κ2) is 5.70. The highest BCUT2D eigenvalue weighted by Crippen LogP contribution is 2.34. The lowest BCUT2D eigenvalue weighted by Gasteiger charge is -2.24. The van der Waals surface area contributed by atoms with Crippen LogP contribution in [0.25, 0.3) is 0 Å². The van der Waals surface area contributed by atoms with Crippen molar-refractivity contribution in [2.24, 2.45) is 12.8 Å². The van der Waals surface area contributed by atoms with E-state index in [2.05, 4.69) is 26.2 Å². The number of methoxy groups -OCH3 is 1. The molecule has 92 valence electrons. The van der Waals surface area contributed by atoms with E-state index in [-0.39, 0.29) is 13.0 Å². The Morgan fingerprint density at radius 2 is 2.31 bits per heavy atom. The number of rotatable bonds is 6. The highest BCUT2D eigenvalue weighted by atomic mass is 79.9. The van der Waals surface area contributed by atoms with Gasteiger partial charge in [-0.25, -0.2) is 9.07 Å². The zero-order valence-electron chi connectivity index (χ0n) is 9.41. The van der Waals surface area contributed by atoms with Crippen molar-refractivity contribution in [3.8, 4) is 0 Å². The van der Waals surface area contributed by atoms with E-state index in [1.165, 1.54) is 11.8 Å². The number of hydrogen-bond donors (Lipinski definition) is 1. The summed E-state index contributed by atoms with van der Waals surface area (Å²) in [6.07, 6.45) is 0.870. The SMILES string of the molecule is COCC(F)(CCCN)c1c(Br)nnn1C. The van der Waals surface area contributed by atoms with E-state index < -0.39 is 5.67 Å². The number of nitrogens with zero attached hydrogens (tertiary/aromatic N) is 3. The van der Waals surface area contributed by atoms with Crippen molar-refractivity contribution in [2.75, 3.05) is 20.3 Å². The highest BCUT2D eigenvalue weighted by molar-refractivity contribution is 9.10. The Hall–Kier alpha value is -0.530. The van der Waals surface area contributed by atoms with Crippen molar-refractivity contribution in [1.29, 1.82) is 0 Å². The molecule has 0 aromatic carbocycles. The standard InChI is InChI=1S/C9H16BrFN4O/c1-15-7(8(10)13-14-15)9(11,6-16-2)4-3-5-12/h3-6,12H2,1-2H3. The molecular weight excluding hydrogens is 279 g/mol. The molecule has 2 N–H and O–H groups in total. The van der Waals surface area contributed by atoms with E-state index in [1.54, 1.807) is 7.05 Å². The lowest BCUT2D eigenvalue weighted by atomic mass is 9.97. The topological polar surface area (TPSA) is 66.0 Å². The molecule has 0 radical (unpaired) electrons. The molecule has 16 heavy (non-hydrogen) atoms. The first-order valence-electron chi connectivity index (χ1n) is 4.98. The summed E-state index contributed by atoms with van der Waals surface area (Å²) >= 11 is 3.19. The summed E-state index contributed by atoms with van der Waals surface area (Å²) in [6, 6.07) is 0. The number of nitrogens with two attached hydrogens (primary N) is 1. The Balaban J connectivity index is 3.00. The summed E-state index contributed by atoms with van der Waals surface area (Å²) in [6.45, 7) is 0.408. The number of aryl methyl sites for hydroxylation is 1. The lowest BCUT2D eigenvalue weighted by molar-refractivity contribution is 0.0238. The molecule has 0 aliphatic rings. The molecule has 1 heterocycles. The monoisotopic (exact) mass is 294 g/mol. The molecule has 7 heteroatoms. The first kappa shape index (κ1) is 13.5. The van der Waals surface area contributed by atoms with Gasteiger partial charge in [-0.3, -0.25) is 0 Å². The van der Waals surface area contributed by atoms with Crippen LogP contribution >= 0.6 is 15.9 Å². The molecule has 0 aliphatic carbocycles. The van der Waals surface area contributed by atoms with Crippen molar-refractivity contribution in [3.05, 3.63) is 10.3 Å². The quantitative estimate of drug-likeness (QED) is 0.854. The van der Waals surface area contributed by atoms with Gasteiger partial charge in [0.25, 0.3) is 0 Å². The zero-order valence-corrected chi connectivity index (χ0v) is 11.0. The minimum absolute atomic E-state index is 0.0349. The summed E-state index contributed by atoms with van der Waals surface area (Å²) in [7, 11) is 3.12. The van der Waals surface area contributed by atoms with Crippen LogP contribution in [0.15, 0.2) is 4.60 Å². The minimum Gasteiger partial charge on any atom is -0.381 e. The van der Waals surface area contributed by atoms with Crippen LogP contribution in [0.1, 0.15) is 18.5 Å². The van der Waals surface area contributed by atoms with Gasteiger partial charge in [0.15, 0.2) is 10.3 Å². The van der Waals surface area contributed by atoms with Gasteiger partial charge in [0.05, 0.1) is 6.61 Å². The van der Waals surface area contributed by atoms with Crippen molar-refractivity contribution in [2.45, 2.75) is 18.5 Å². The van der Waals surface area contributed by atoms with Crippen LogP contribution in [0.4, 0.5) is 4.39 Å². The molecular formula is C9H16BrFN4O. The van der Waals surface area contributed by atoms with Crippen LogP contribution in [0.5, 0.6) is 0 Å². The van der Waals surface area contributed by atoms with Gasteiger partial charge in [-0.15, -0.1) is 5.10 Å². The average Bonchev–Trinajstić information content (AvgIpc) is 2.56. The Morgan fingerprint density at radius 1 is 1.62 bits per heavy atom. The van der Waals surface area contributed by atoms with E-state index in [0.717, 1.165) is 0 Å². The van der Waals surface area contributed by atoms with Crippen LogP contribution in [0.2, 0.25) is 0 Å². The molecule has 0 fully saturated rings. The number of hydrogen-bond acceptors (Lipinski definition) is 4. The molecule has 0 saturated carbocycles. The third kappa shape index (κ3) is 2.78. The van der Waals surface area contributed by atoms with E-state index in [1.807, 2.05) is 0 Å². The normalized spacial score (nSPS) is 15.1. The van der Waals surface area contributed by atoms with E-state index in [0.29, 0.717) is 23.3 Å². The highest BCUT2D eigenvalue weighted by Gasteiger charge is 2.37. The fourth-order valence-electron chi connectivity index (χ4n) is 1.68. The maximum atomic E-state index is 14.8. The first-order valence-corrected chi connectivity index (χ1v) is 5.78.